The number of carbonyl (C=O) groups excluding carboxylic acids is 1. The summed E-state index contributed by atoms with van der Waals surface area (Å²) in [6.45, 7) is 2.33. The van der Waals surface area contributed by atoms with Gasteiger partial charge < -0.3 is 15.7 Å². The topological polar surface area (TPSA) is 66.6 Å². The Bertz CT molecular complexity index is 230. The molecule has 1 fully saturated rings. The molecule has 0 radical (unpaired) electrons. The van der Waals surface area contributed by atoms with Crippen molar-refractivity contribution in [3.05, 3.63) is 0 Å². The van der Waals surface area contributed by atoms with Crippen LogP contribution in [0.4, 0.5) is 0 Å². The quantitative estimate of drug-likeness (QED) is 0.762. The maximum absolute atomic E-state index is 11.7. The van der Waals surface area contributed by atoms with E-state index in [0.717, 1.165) is 19.3 Å². The van der Waals surface area contributed by atoms with Gasteiger partial charge in [0.15, 0.2) is 0 Å². The van der Waals surface area contributed by atoms with E-state index in [0.29, 0.717) is 19.4 Å². The normalized spacial score (nSPS) is 19.2. The van der Waals surface area contributed by atoms with Gasteiger partial charge >= 0.3 is 0 Å². The Balaban J connectivity index is 0.00000225. The Morgan fingerprint density at radius 1 is 1.56 bits per heavy atom. The van der Waals surface area contributed by atoms with Crippen molar-refractivity contribution in [3.8, 4) is 0 Å². The van der Waals surface area contributed by atoms with E-state index in [9.17, 15) is 4.79 Å². The van der Waals surface area contributed by atoms with Crippen LogP contribution in [0.5, 0.6) is 0 Å². The van der Waals surface area contributed by atoms with Gasteiger partial charge in [-0.25, -0.2) is 0 Å². The number of amides is 1. The zero-order chi connectivity index (χ0) is 11.5. The predicted molar refractivity (Wildman–Crippen MR) is 66.6 cm³/mol. The molecule has 1 aliphatic rings. The third-order valence-electron chi connectivity index (χ3n) is 3.16. The molecule has 1 amide bonds. The Hall–Kier alpha value is -0.320. The van der Waals surface area contributed by atoms with E-state index in [1.165, 1.54) is 0 Å². The highest BCUT2D eigenvalue weighted by molar-refractivity contribution is 5.85. The summed E-state index contributed by atoms with van der Waals surface area (Å²) in [5.41, 5.74) is 5.76. The van der Waals surface area contributed by atoms with Gasteiger partial charge in [-0.3, -0.25) is 4.79 Å². The minimum atomic E-state index is -0.351. The molecule has 1 unspecified atom stereocenters. The molecule has 4 nitrogen and oxygen atoms in total. The number of hydrogen-bond acceptors (Lipinski definition) is 3. The Morgan fingerprint density at radius 3 is 2.50 bits per heavy atom. The van der Waals surface area contributed by atoms with Crippen LogP contribution >= 0.6 is 12.4 Å². The lowest BCUT2D eigenvalue weighted by Gasteiger charge is -2.38. The lowest BCUT2D eigenvalue weighted by molar-refractivity contribution is -0.132. The molecule has 0 aromatic carbocycles. The zero-order valence-electron chi connectivity index (χ0n) is 10.1. The summed E-state index contributed by atoms with van der Waals surface area (Å²) in [6, 6.07) is 0. The van der Waals surface area contributed by atoms with Gasteiger partial charge in [0.2, 0.25) is 5.91 Å². The van der Waals surface area contributed by atoms with Crippen molar-refractivity contribution in [3.63, 3.8) is 0 Å². The molecule has 0 aliphatic heterocycles. The molecule has 16 heavy (non-hydrogen) atoms. The van der Waals surface area contributed by atoms with Crippen LogP contribution in [0.3, 0.4) is 0 Å². The van der Waals surface area contributed by atoms with E-state index >= 15 is 0 Å². The van der Waals surface area contributed by atoms with Gasteiger partial charge in [-0.05, 0) is 32.6 Å². The Kier molecular flexibility index (Phi) is 6.30. The molecule has 0 aromatic rings. The average molecular weight is 251 g/mol. The number of hydrogen-bond donors (Lipinski definition) is 2. The molecule has 1 rings (SSSR count). The number of nitrogens with zero attached hydrogens (tertiary/aromatic N) is 1. The van der Waals surface area contributed by atoms with E-state index in [4.69, 9.17) is 10.8 Å². The van der Waals surface area contributed by atoms with Crippen LogP contribution in [0, 0.1) is 0 Å². The molecule has 0 bridgehead atoms. The number of carbonyl (C=O) groups is 1. The Morgan fingerprint density at radius 2 is 2.12 bits per heavy atom. The summed E-state index contributed by atoms with van der Waals surface area (Å²) < 4.78 is 0. The van der Waals surface area contributed by atoms with Gasteiger partial charge in [0.05, 0.1) is 6.10 Å². The minimum absolute atomic E-state index is 0. The van der Waals surface area contributed by atoms with E-state index in [1.54, 1.807) is 18.9 Å². The first-order valence-corrected chi connectivity index (χ1v) is 5.64. The highest BCUT2D eigenvalue weighted by atomic mass is 35.5. The maximum Gasteiger partial charge on any atom is 0.224 e. The maximum atomic E-state index is 11.7. The largest absolute Gasteiger partial charge is 0.393 e. The summed E-state index contributed by atoms with van der Waals surface area (Å²) in [6.07, 6.45) is 3.78. The molecule has 1 atom stereocenters. The first kappa shape index (κ1) is 15.7. The van der Waals surface area contributed by atoms with Crippen LogP contribution in [0.15, 0.2) is 0 Å². The smallest absolute Gasteiger partial charge is 0.224 e. The molecular formula is C11H23ClN2O2. The summed E-state index contributed by atoms with van der Waals surface area (Å²) in [5.74, 6) is 0.0952. The van der Waals surface area contributed by atoms with E-state index in [2.05, 4.69) is 0 Å². The van der Waals surface area contributed by atoms with Crippen molar-refractivity contribution in [2.45, 2.75) is 50.7 Å². The third kappa shape index (κ3) is 4.68. The van der Waals surface area contributed by atoms with Crippen molar-refractivity contribution in [2.75, 3.05) is 13.6 Å². The molecule has 0 spiro atoms. The molecule has 3 N–H and O–H groups in total. The van der Waals surface area contributed by atoms with E-state index in [1.807, 2.05) is 0 Å². The number of rotatable bonds is 5. The fourth-order valence-electron chi connectivity index (χ4n) is 1.75. The van der Waals surface area contributed by atoms with Crippen LogP contribution in [0.1, 0.15) is 39.0 Å². The summed E-state index contributed by atoms with van der Waals surface area (Å²) in [7, 11) is 1.77. The first-order chi connectivity index (χ1) is 6.93. The van der Waals surface area contributed by atoms with Gasteiger partial charge in [-0.2, -0.15) is 0 Å². The second-order valence-electron chi connectivity index (χ2n) is 4.85. The second-order valence-corrected chi connectivity index (χ2v) is 4.85. The monoisotopic (exact) mass is 250 g/mol. The van der Waals surface area contributed by atoms with Gasteiger partial charge in [-0.1, -0.05) is 0 Å². The molecule has 1 aliphatic carbocycles. The number of halogens is 1. The number of aliphatic hydroxyl groups is 1. The third-order valence-corrected chi connectivity index (χ3v) is 3.16. The van der Waals surface area contributed by atoms with Gasteiger partial charge in [0.25, 0.3) is 0 Å². The van der Waals surface area contributed by atoms with E-state index < -0.39 is 0 Å². The van der Waals surface area contributed by atoms with Gasteiger partial charge in [-0.15, -0.1) is 12.4 Å². The van der Waals surface area contributed by atoms with E-state index in [-0.39, 0.29) is 30.0 Å². The highest BCUT2D eigenvalue weighted by Gasteiger charge is 2.35. The molecule has 0 heterocycles. The minimum Gasteiger partial charge on any atom is -0.393 e. The van der Waals surface area contributed by atoms with Crippen LogP contribution < -0.4 is 5.73 Å². The summed E-state index contributed by atoms with van der Waals surface area (Å²) >= 11 is 0. The van der Waals surface area contributed by atoms with Crippen molar-refractivity contribution in [2.24, 2.45) is 5.73 Å². The summed E-state index contributed by atoms with van der Waals surface area (Å²) in [5, 5.41) is 9.11. The average Bonchev–Trinajstić information content (AvgIpc) is 2.11. The van der Waals surface area contributed by atoms with Gasteiger partial charge in [0.1, 0.15) is 0 Å². The SMILES string of the molecule is CC(O)CCN(C)C(=O)CC1(N)CCC1.Cl. The lowest BCUT2D eigenvalue weighted by atomic mass is 9.75. The molecular weight excluding hydrogens is 228 g/mol. The van der Waals surface area contributed by atoms with Crippen molar-refractivity contribution >= 4 is 18.3 Å². The standard InChI is InChI=1S/C11H22N2O2.ClH/c1-9(14)4-7-13(2)10(15)8-11(12)5-3-6-11;/h9,14H,3-8,12H2,1-2H3;1H. The predicted octanol–water partition coefficient (Wildman–Crippen LogP) is 0.909. The zero-order valence-corrected chi connectivity index (χ0v) is 10.9. The highest BCUT2D eigenvalue weighted by Crippen LogP contribution is 2.32. The van der Waals surface area contributed by atoms with Crippen LogP contribution in [0.25, 0.3) is 0 Å². The van der Waals surface area contributed by atoms with Crippen LogP contribution in [-0.4, -0.2) is 41.1 Å². The first-order valence-electron chi connectivity index (χ1n) is 5.64. The fourth-order valence-corrected chi connectivity index (χ4v) is 1.75. The van der Waals surface area contributed by atoms with Crippen molar-refractivity contribution in [1.29, 1.82) is 0 Å². The van der Waals surface area contributed by atoms with Crippen LogP contribution in [0.2, 0.25) is 0 Å². The van der Waals surface area contributed by atoms with Gasteiger partial charge in [0, 0.05) is 25.6 Å². The number of aliphatic hydroxyl groups excluding tert-OH is 1. The number of nitrogens with two attached hydrogens (primary N) is 1. The summed E-state index contributed by atoms with van der Waals surface area (Å²) in [4.78, 5) is 13.4. The molecule has 5 heteroatoms. The second kappa shape index (κ2) is 6.42. The lowest BCUT2D eigenvalue weighted by Crippen LogP contribution is -2.50. The molecule has 96 valence electrons. The molecule has 0 aromatic heterocycles. The van der Waals surface area contributed by atoms with Crippen molar-refractivity contribution < 1.29 is 9.90 Å². The van der Waals surface area contributed by atoms with Crippen molar-refractivity contribution in [1.82, 2.24) is 4.90 Å². The van der Waals surface area contributed by atoms with Crippen LogP contribution in [-0.2, 0) is 4.79 Å². The molecule has 1 saturated carbocycles. The fraction of sp³-hybridized carbons (Fsp3) is 0.909. The molecule has 0 saturated heterocycles. The Labute approximate surface area is 104 Å².